The predicted molar refractivity (Wildman–Crippen MR) is 104 cm³/mol. The second kappa shape index (κ2) is 6.35. The first kappa shape index (κ1) is 17.5. The van der Waals surface area contributed by atoms with Crippen molar-refractivity contribution in [3.8, 4) is 0 Å². The molecule has 4 rings (SSSR count). The first-order chi connectivity index (χ1) is 12.9. The van der Waals surface area contributed by atoms with Crippen LogP contribution in [0.2, 0.25) is 0 Å². The van der Waals surface area contributed by atoms with Gasteiger partial charge in [0.05, 0.1) is 22.0 Å². The van der Waals surface area contributed by atoms with Gasteiger partial charge in [-0.05, 0) is 49.2 Å². The van der Waals surface area contributed by atoms with Crippen LogP contribution in [0.5, 0.6) is 0 Å². The minimum atomic E-state index is -3.86. The molecule has 0 aliphatic carbocycles. The molecule has 27 heavy (non-hydrogen) atoms. The molecule has 2 heterocycles. The fraction of sp³-hybridized carbons (Fsp3) is 0.200. The van der Waals surface area contributed by atoms with Gasteiger partial charge in [-0.1, -0.05) is 24.3 Å². The molecule has 7 heteroatoms. The second-order valence-electron chi connectivity index (χ2n) is 6.73. The van der Waals surface area contributed by atoms with Gasteiger partial charge in [-0.25, -0.2) is 8.42 Å². The second-order valence-corrected chi connectivity index (χ2v) is 8.51. The third kappa shape index (κ3) is 2.75. The normalized spacial score (nSPS) is 19.7. The molecule has 1 aromatic heterocycles. The Kier molecular flexibility index (Phi) is 4.11. The molecule has 0 spiro atoms. The van der Waals surface area contributed by atoms with Crippen molar-refractivity contribution < 1.29 is 13.2 Å². The highest BCUT2D eigenvalue weighted by atomic mass is 32.2. The van der Waals surface area contributed by atoms with Gasteiger partial charge < -0.3 is 5.73 Å². The standard InChI is InChI=1S/C20H19N3O3S/c1-13-12-16(20(21)24)14-6-2-3-9-18(14)23(13)27(25,26)19-10-4-8-17-15(19)7-5-11-22-17/h2-11,13,16H,12H2,1H3,(H2,21,24). The maximum absolute atomic E-state index is 13.6. The highest BCUT2D eigenvalue weighted by Gasteiger charge is 2.39. The van der Waals surface area contributed by atoms with E-state index >= 15 is 0 Å². The Morgan fingerprint density at radius 2 is 1.89 bits per heavy atom. The summed E-state index contributed by atoms with van der Waals surface area (Å²) in [4.78, 5) is 16.4. The maximum Gasteiger partial charge on any atom is 0.265 e. The van der Waals surface area contributed by atoms with E-state index in [1.54, 1.807) is 67.7 Å². The summed E-state index contributed by atoms with van der Waals surface area (Å²) in [6.45, 7) is 1.80. The van der Waals surface area contributed by atoms with Crippen molar-refractivity contribution in [1.29, 1.82) is 0 Å². The monoisotopic (exact) mass is 381 g/mol. The molecule has 138 valence electrons. The summed E-state index contributed by atoms with van der Waals surface area (Å²) in [5, 5.41) is 0.571. The average Bonchev–Trinajstić information content (AvgIpc) is 2.66. The van der Waals surface area contributed by atoms with E-state index in [9.17, 15) is 13.2 Å². The Balaban J connectivity index is 1.93. The van der Waals surface area contributed by atoms with Crippen LogP contribution >= 0.6 is 0 Å². The molecule has 2 atom stereocenters. The Labute approximate surface area is 157 Å². The molecule has 0 saturated carbocycles. The van der Waals surface area contributed by atoms with Crippen LogP contribution in [0.3, 0.4) is 0 Å². The van der Waals surface area contributed by atoms with E-state index < -0.39 is 27.9 Å². The molecular formula is C20H19N3O3S. The lowest BCUT2D eigenvalue weighted by molar-refractivity contribution is -0.119. The number of fused-ring (bicyclic) bond motifs is 2. The Bertz CT molecular complexity index is 1140. The molecule has 1 aliphatic heterocycles. The molecule has 1 amide bonds. The van der Waals surface area contributed by atoms with E-state index in [-0.39, 0.29) is 4.90 Å². The number of sulfonamides is 1. The van der Waals surface area contributed by atoms with Gasteiger partial charge in [-0.15, -0.1) is 0 Å². The van der Waals surface area contributed by atoms with Crippen molar-refractivity contribution in [2.75, 3.05) is 4.31 Å². The third-order valence-corrected chi connectivity index (χ3v) is 7.00. The van der Waals surface area contributed by atoms with Crippen LogP contribution in [0.25, 0.3) is 10.9 Å². The van der Waals surface area contributed by atoms with Gasteiger partial charge in [-0.3, -0.25) is 14.1 Å². The average molecular weight is 381 g/mol. The molecule has 6 nitrogen and oxygen atoms in total. The minimum Gasteiger partial charge on any atom is -0.369 e. The zero-order valence-electron chi connectivity index (χ0n) is 14.7. The topological polar surface area (TPSA) is 93.4 Å². The van der Waals surface area contributed by atoms with Gasteiger partial charge in [0, 0.05) is 17.6 Å². The molecule has 2 N–H and O–H groups in total. The van der Waals surface area contributed by atoms with Crippen LogP contribution in [-0.2, 0) is 14.8 Å². The number of para-hydroxylation sites is 1. The summed E-state index contributed by atoms with van der Waals surface area (Å²) >= 11 is 0. The zero-order chi connectivity index (χ0) is 19.2. The highest BCUT2D eigenvalue weighted by molar-refractivity contribution is 7.93. The van der Waals surface area contributed by atoms with Crippen molar-refractivity contribution in [3.05, 3.63) is 66.4 Å². The van der Waals surface area contributed by atoms with E-state index in [0.29, 0.717) is 28.6 Å². The van der Waals surface area contributed by atoms with E-state index in [1.807, 2.05) is 0 Å². The lowest BCUT2D eigenvalue weighted by Gasteiger charge is -2.39. The van der Waals surface area contributed by atoms with Crippen LogP contribution in [0, 0.1) is 0 Å². The first-order valence-corrected chi connectivity index (χ1v) is 10.1. The number of hydrogen-bond acceptors (Lipinski definition) is 4. The number of amides is 1. The number of hydrogen-bond donors (Lipinski definition) is 1. The molecule has 0 fully saturated rings. The zero-order valence-corrected chi connectivity index (χ0v) is 15.6. The smallest absolute Gasteiger partial charge is 0.265 e. The summed E-state index contributed by atoms with van der Waals surface area (Å²) in [5.41, 5.74) is 7.33. The first-order valence-electron chi connectivity index (χ1n) is 8.67. The number of nitrogens with two attached hydrogens (primary N) is 1. The Morgan fingerprint density at radius 3 is 2.67 bits per heavy atom. The summed E-state index contributed by atoms with van der Waals surface area (Å²) in [5.74, 6) is -0.947. The van der Waals surface area contributed by atoms with Gasteiger partial charge in [0.2, 0.25) is 5.91 Å². The van der Waals surface area contributed by atoms with Crippen molar-refractivity contribution in [1.82, 2.24) is 4.98 Å². The molecule has 2 aromatic carbocycles. The number of benzene rings is 2. The molecule has 0 bridgehead atoms. The highest BCUT2D eigenvalue weighted by Crippen LogP contribution is 2.41. The molecule has 0 radical (unpaired) electrons. The summed E-state index contributed by atoms with van der Waals surface area (Å²) in [6, 6.07) is 15.2. The number of anilines is 1. The van der Waals surface area contributed by atoms with Crippen LogP contribution in [0.15, 0.2) is 65.7 Å². The van der Waals surface area contributed by atoms with Gasteiger partial charge in [0.15, 0.2) is 0 Å². The van der Waals surface area contributed by atoms with E-state index in [4.69, 9.17) is 5.73 Å². The van der Waals surface area contributed by atoms with Crippen LogP contribution in [0.1, 0.15) is 24.8 Å². The molecule has 0 saturated heterocycles. The Morgan fingerprint density at radius 1 is 1.11 bits per heavy atom. The SMILES string of the molecule is CC1CC(C(N)=O)c2ccccc2N1S(=O)(=O)c1cccc2ncccc12. The van der Waals surface area contributed by atoms with Gasteiger partial charge >= 0.3 is 0 Å². The third-order valence-electron chi connectivity index (χ3n) is 5.01. The van der Waals surface area contributed by atoms with E-state index in [0.717, 1.165) is 0 Å². The summed E-state index contributed by atoms with van der Waals surface area (Å²) in [6.07, 6.45) is 1.98. The number of nitrogens with zero attached hydrogens (tertiary/aromatic N) is 2. The van der Waals surface area contributed by atoms with Crippen molar-refractivity contribution in [3.63, 3.8) is 0 Å². The number of carbonyl (C=O) groups excluding carboxylic acids is 1. The fourth-order valence-corrected chi connectivity index (χ4v) is 5.72. The van der Waals surface area contributed by atoms with E-state index in [1.165, 1.54) is 4.31 Å². The summed E-state index contributed by atoms with van der Waals surface area (Å²) < 4.78 is 28.7. The van der Waals surface area contributed by atoms with Crippen LogP contribution < -0.4 is 10.0 Å². The Hall–Kier alpha value is -2.93. The van der Waals surface area contributed by atoms with Gasteiger partial charge in [-0.2, -0.15) is 0 Å². The predicted octanol–water partition coefficient (Wildman–Crippen LogP) is 2.79. The minimum absolute atomic E-state index is 0.201. The van der Waals surface area contributed by atoms with Crippen LogP contribution in [0.4, 0.5) is 5.69 Å². The van der Waals surface area contributed by atoms with Crippen molar-refractivity contribution in [2.45, 2.75) is 30.2 Å². The fourth-order valence-electron chi connectivity index (χ4n) is 3.83. The molecular weight excluding hydrogens is 362 g/mol. The lowest BCUT2D eigenvalue weighted by Crippen LogP contribution is -2.45. The number of pyridine rings is 1. The molecule has 3 aromatic rings. The quantitative estimate of drug-likeness (QED) is 0.755. The van der Waals surface area contributed by atoms with Crippen LogP contribution in [-0.4, -0.2) is 25.4 Å². The molecule has 2 unspecified atom stereocenters. The summed E-state index contributed by atoms with van der Waals surface area (Å²) in [7, 11) is -3.86. The maximum atomic E-state index is 13.6. The van der Waals surface area contributed by atoms with Gasteiger partial charge in [0.25, 0.3) is 10.0 Å². The largest absolute Gasteiger partial charge is 0.369 e. The number of rotatable bonds is 3. The molecule has 1 aliphatic rings. The number of carbonyl (C=O) groups is 1. The van der Waals surface area contributed by atoms with Crippen molar-refractivity contribution in [2.24, 2.45) is 5.73 Å². The lowest BCUT2D eigenvalue weighted by atomic mass is 9.87. The van der Waals surface area contributed by atoms with Gasteiger partial charge in [0.1, 0.15) is 0 Å². The number of aromatic nitrogens is 1. The van der Waals surface area contributed by atoms with Crippen molar-refractivity contribution >= 4 is 32.5 Å². The number of primary amides is 1. The van der Waals surface area contributed by atoms with E-state index in [2.05, 4.69) is 4.98 Å².